The zero-order valence-corrected chi connectivity index (χ0v) is 11.5. The lowest BCUT2D eigenvalue weighted by atomic mass is 9.98. The lowest BCUT2D eigenvalue weighted by molar-refractivity contribution is 0.0696. The number of carboxylic acid groups (broad SMARTS) is 1. The first-order valence-corrected chi connectivity index (χ1v) is 6.38. The van der Waals surface area contributed by atoms with Crippen LogP contribution < -0.4 is 5.32 Å². The molecule has 2 aromatic rings. The van der Waals surface area contributed by atoms with Crippen molar-refractivity contribution >= 4 is 17.4 Å². The minimum absolute atomic E-state index is 0.0745. The zero-order chi connectivity index (χ0) is 15.4. The number of carbonyl (C=O) groups is 2. The van der Waals surface area contributed by atoms with Crippen LogP contribution in [0.2, 0.25) is 0 Å². The predicted molar refractivity (Wildman–Crippen MR) is 79.1 cm³/mol. The van der Waals surface area contributed by atoms with Crippen molar-refractivity contribution in [2.24, 2.45) is 0 Å². The number of aromatic hydroxyl groups is 1. The van der Waals surface area contributed by atoms with Gasteiger partial charge in [0, 0.05) is 25.2 Å². The highest BCUT2D eigenvalue weighted by molar-refractivity contribution is 6.01. The van der Waals surface area contributed by atoms with E-state index < -0.39 is 5.97 Å². The van der Waals surface area contributed by atoms with Crippen molar-refractivity contribution in [1.29, 1.82) is 0 Å². The van der Waals surface area contributed by atoms with E-state index in [4.69, 9.17) is 5.11 Å². The van der Waals surface area contributed by atoms with Gasteiger partial charge in [-0.05, 0) is 23.8 Å². The Balaban J connectivity index is 2.28. The summed E-state index contributed by atoms with van der Waals surface area (Å²) in [5.41, 5.74) is 1.38. The molecule has 2 aromatic carbocycles. The van der Waals surface area contributed by atoms with Gasteiger partial charge in [-0.15, -0.1) is 0 Å². The van der Waals surface area contributed by atoms with Crippen LogP contribution in [0.15, 0.2) is 42.5 Å². The number of hydrogen-bond donors (Lipinski definition) is 3. The summed E-state index contributed by atoms with van der Waals surface area (Å²) < 4.78 is 0. The molecule has 0 fully saturated rings. The Hall–Kier alpha value is -2.82. The van der Waals surface area contributed by atoms with Crippen LogP contribution in [0.1, 0.15) is 26.3 Å². The van der Waals surface area contributed by atoms with E-state index in [0.29, 0.717) is 11.3 Å². The molecular formula is C16H15NO4. The highest BCUT2D eigenvalue weighted by atomic mass is 16.4. The van der Waals surface area contributed by atoms with Gasteiger partial charge in [0.2, 0.25) is 0 Å². The number of nitrogens with one attached hydrogen (secondary N) is 1. The lowest BCUT2D eigenvalue weighted by Crippen LogP contribution is -2.09. The fourth-order valence-electron chi connectivity index (χ4n) is 2.07. The summed E-state index contributed by atoms with van der Waals surface area (Å²) in [7, 11) is 1.71. The van der Waals surface area contributed by atoms with Crippen LogP contribution in [0, 0.1) is 0 Å². The first kappa shape index (κ1) is 14.6. The quantitative estimate of drug-likeness (QED) is 0.735. The van der Waals surface area contributed by atoms with Crippen LogP contribution >= 0.6 is 0 Å². The molecule has 0 spiro atoms. The Bertz CT molecular complexity index is 694. The lowest BCUT2D eigenvalue weighted by Gasteiger charge is -2.08. The molecule has 0 bridgehead atoms. The number of anilines is 1. The van der Waals surface area contributed by atoms with Gasteiger partial charge in [-0.1, -0.05) is 18.2 Å². The second kappa shape index (κ2) is 6.09. The molecule has 108 valence electrons. The third-order valence-corrected chi connectivity index (χ3v) is 3.19. The second-order valence-corrected chi connectivity index (χ2v) is 4.54. The van der Waals surface area contributed by atoms with Gasteiger partial charge >= 0.3 is 5.97 Å². The third kappa shape index (κ3) is 3.20. The normalized spacial score (nSPS) is 10.1. The molecule has 0 aliphatic rings. The van der Waals surface area contributed by atoms with E-state index in [1.165, 1.54) is 18.2 Å². The number of hydrogen-bond acceptors (Lipinski definition) is 4. The number of ketones is 1. The summed E-state index contributed by atoms with van der Waals surface area (Å²) in [4.78, 5) is 23.4. The number of carbonyl (C=O) groups excluding carboxylic acids is 1. The van der Waals surface area contributed by atoms with Crippen molar-refractivity contribution in [2.75, 3.05) is 12.4 Å². The number of benzene rings is 2. The van der Waals surface area contributed by atoms with Gasteiger partial charge in [0.05, 0.1) is 11.1 Å². The number of phenolic OH excluding ortho intramolecular Hbond substituents is 1. The van der Waals surface area contributed by atoms with Crippen molar-refractivity contribution in [3.8, 4) is 5.75 Å². The van der Waals surface area contributed by atoms with Gasteiger partial charge in [-0.3, -0.25) is 4.79 Å². The van der Waals surface area contributed by atoms with Crippen molar-refractivity contribution in [3.05, 3.63) is 59.2 Å². The smallest absolute Gasteiger partial charge is 0.335 e. The van der Waals surface area contributed by atoms with Crippen molar-refractivity contribution in [3.63, 3.8) is 0 Å². The summed E-state index contributed by atoms with van der Waals surface area (Å²) in [6.45, 7) is 0. The number of Topliss-reactive ketones (excluding diaryl/α,β-unsaturated/α-hetero) is 1. The summed E-state index contributed by atoms with van der Waals surface area (Å²) >= 11 is 0. The largest absolute Gasteiger partial charge is 0.507 e. The van der Waals surface area contributed by atoms with Gasteiger partial charge in [-0.2, -0.15) is 0 Å². The third-order valence-electron chi connectivity index (χ3n) is 3.19. The molecule has 0 amide bonds. The molecule has 5 heteroatoms. The molecule has 0 radical (unpaired) electrons. The SMILES string of the molecule is CNc1ccc(C(=O)Cc2ccccc2C(=O)O)c(O)c1. The summed E-state index contributed by atoms with van der Waals surface area (Å²) in [5, 5.41) is 21.8. The Morgan fingerprint density at radius 2 is 1.81 bits per heavy atom. The van der Waals surface area contributed by atoms with E-state index in [-0.39, 0.29) is 29.1 Å². The summed E-state index contributed by atoms with van der Waals surface area (Å²) in [6, 6.07) is 11.0. The van der Waals surface area contributed by atoms with Gasteiger partial charge in [0.15, 0.2) is 5.78 Å². The molecule has 2 rings (SSSR count). The number of aromatic carboxylic acids is 1. The first-order valence-electron chi connectivity index (χ1n) is 6.38. The summed E-state index contributed by atoms with van der Waals surface area (Å²) in [6.07, 6.45) is -0.0745. The zero-order valence-electron chi connectivity index (χ0n) is 11.5. The predicted octanol–water partition coefficient (Wildman–Crippen LogP) is 2.56. The van der Waals surface area contributed by atoms with E-state index >= 15 is 0 Å². The molecular weight excluding hydrogens is 270 g/mol. The average Bonchev–Trinajstić information content (AvgIpc) is 2.47. The van der Waals surface area contributed by atoms with Gasteiger partial charge in [0.25, 0.3) is 0 Å². The molecule has 0 saturated heterocycles. The molecule has 5 nitrogen and oxygen atoms in total. The Kier molecular flexibility index (Phi) is 4.23. The van der Waals surface area contributed by atoms with E-state index in [1.807, 2.05) is 0 Å². The highest BCUT2D eigenvalue weighted by Gasteiger charge is 2.16. The van der Waals surface area contributed by atoms with Crippen molar-refractivity contribution in [1.82, 2.24) is 0 Å². The van der Waals surface area contributed by atoms with Crippen molar-refractivity contribution in [2.45, 2.75) is 6.42 Å². The maximum Gasteiger partial charge on any atom is 0.335 e. The number of carboxylic acids is 1. The molecule has 0 heterocycles. The molecule has 0 unspecified atom stereocenters. The standard InChI is InChI=1S/C16H15NO4/c1-17-11-6-7-13(15(19)9-11)14(18)8-10-4-2-3-5-12(10)16(20)21/h2-7,9,17,19H,8H2,1H3,(H,20,21). The molecule has 21 heavy (non-hydrogen) atoms. The van der Waals surface area contributed by atoms with Gasteiger partial charge < -0.3 is 15.5 Å². The van der Waals surface area contributed by atoms with E-state index in [0.717, 1.165) is 0 Å². The van der Waals surface area contributed by atoms with Gasteiger partial charge in [0.1, 0.15) is 5.75 Å². The molecule has 0 aliphatic heterocycles. The van der Waals surface area contributed by atoms with Crippen LogP contribution in [0.4, 0.5) is 5.69 Å². The van der Waals surface area contributed by atoms with E-state index in [2.05, 4.69) is 5.32 Å². The monoisotopic (exact) mass is 285 g/mol. The Labute approximate surface area is 121 Å². The van der Waals surface area contributed by atoms with E-state index in [9.17, 15) is 14.7 Å². The minimum atomic E-state index is -1.08. The van der Waals surface area contributed by atoms with Crippen molar-refractivity contribution < 1.29 is 19.8 Å². The van der Waals surface area contributed by atoms with Crippen LogP contribution in [-0.2, 0) is 6.42 Å². The van der Waals surface area contributed by atoms with Crippen LogP contribution in [0.25, 0.3) is 0 Å². The molecule has 0 saturated carbocycles. The molecule has 0 aromatic heterocycles. The van der Waals surface area contributed by atoms with Crippen LogP contribution in [0.5, 0.6) is 5.75 Å². The second-order valence-electron chi connectivity index (χ2n) is 4.54. The van der Waals surface area contributed by atoms with Crippen LogP contribution in [-0.4, -0.2) is 29.0 Å². The highest BCUT2D eigenvalue weighted by Crippen LogP contribution is 2.23. The molecule has 3 N–H and O–H groups in total. The maximum absolute atomic E-state index is 12.2. The Morgan fingerprint density at radius 3 is 2.43 bits per heavy atom. The maximum atomic E-state index is 12.2. The topological polar surface area (TPSA) is 86.6 Å². The Morgan fingerprint density at radius 1 is 1.10 bits per heavy atom. The first-order chi connectivity index (χ1) is 10.0. The van der Waals surface area contributed by atoms with Gasteiger partial charge in [-0.25, -0.2) is 4.79 Å². The number of phenols is 1. The fourth-order valence-corrected chi connectivity index (χ4v) is 2.07. The molecule has 0 aliphatic carbocycles. The fraction of sp³-hybridized carbons (Fsp3) is 0.125. The molecule has 0 atom stereocenters. The number of rotatable bonds is 5. The van der Waals surface area contributed by atoms with E-state index in [1.54, 1.807) is 31.3 Å². The van der Waals surface area contributed by atoms with Crippen LogP contribution in [0.3, 0.4) is 0 Å². The average molecular weight is 285 g/mol. The minimum Gasteiger partial charge on any atom is -0.507 e. The summed E-state index contributed by atoms with van der Waals surface area (Å²) in [5.74, 6) is -1.53.